The van der Waals surface area contributed by atoms with E-state index >= 15 is 0 Å². The lowest BCUT2D eigenvalue weighted by Gasteiger charge is -2.28. The summed E-state index contributed by atoms with van der Waals surface area (Å²) in [5, 5.41) is 0. The molecule has 10 heteroatoms. The van der Waals surface area contributed by atoms with Crippen LogP contribution in [0.15, 0.2) is 60.8 Å². The maximum Gasteiger partial charge on any atom is 0.306 e. The molecule has 0 N–H and O–H groups in total. The third-order valence-electron chi connectivity index (χ3n) is 10.6. The number of unbranched alkanes of at least 4 members (excludes halogenated alkanes) is 24. The van der Waals surface area contributed by atoms with Gasteiger partial charge in [0.1, 0.15) is 19.8 Å². The first kappa shape index (κ1) is 59.7. The van der Waals surface area contributed by atoms with Gasteiger partial charge in [-0.1, -0.05) is 203 Å². The molecule has 0 bridgehead atoms. The van der Waals surface area contributed by atoms with Crippen LogP contribution in [0.3, 0.4) is 0 Å². The number of allylic oxidation sites excluding steroid dienone is 10. The van der Waals surface area contributed by atoms with Gasteiger partial charge in [-0.2, -0.15) is 0 Å². The lowest BCUT2D eigenvalue weighted by atomic mass is 10.0. The highest BCUT2D eigenvalue weighted by Gasteiger charge is 2.21. The Bertz CT molecular complexity index is 1240. The molecule has 0 radical (unpaired) electrons. The summed E-state index contributed by atoms with van der Waals surface area (Å²) in [5.74, 6) is -0.898. The van der Waals surface area contributed by atoms with Gasteiger partial charge in [0.2, 0.25) is 0 Å². The maximum absolute atomic E-state index is 12.7. The first-order chi connectivity index (χ1) is 30.0. The second-order valence-corrected chi connectivity index (χ2v) is 19.3. The molecule has 0 fully saturated rings. The summed E-state index contributed by atoms with van der Waals surface area (Å²) in [4.78, 5) is 37.6. The predicted molar refractivity (Wildman–Crippen MR) is 259 cm³/mol. The fraction of sp³-hybridized carbons (Fsp3) is 0.769. The van der Waals surface area contributed by atoms with Gasteiger partial charge in [0.25, 0.3) is 7.82 Å². The molecule has 0 spiro atoms. The Hall–Kier alpha value is -2.29. The molecule has 0 saturated carbocycles. The summed E-state index contributed by atoms with van der Waals surface area (Å²) in [5.41, 5.74) is 0. The third-order valence-corrected chi connectivity index (χ3v) is 11.6. The molecular formula is C52H94NO8P. The van der Waals surface area contributed by atoms with Crippen LogP contribution in [-0.4, -0.2) is 70.0 Å². The molecule has 0 aliphatic heterocycles. The Balaban J connectivity index is 4.27. The fourth-order valence-corrected chi connectivity index (χ4v) is 7.46. The first-order valence-corrected chi connectivity index (χ1v) is 26.5. The number of carbonyl (C=O) groups is 2. The van der Waals surface area contributed by atoms with Gasteiger partial charge in [0.05, 0.1) is 27.7 Å². The minimum atomic E-state index is -4.64. The van der Waals surface area contributed by atoms with Crippen LogP contribution in [0.25, 0.3) is 0 Å². The molecule has 0 rings (SSSR count). The molecule has 360 valence electrons. The number of nitrogens with zero attached hydrogens (tertiary/aromatic N) is 1. The average molecular weight is 892 g/mol. The third kappa shape index (κ3) is 47.2. The van der Waals surface area contributed by atoms with Crippen molar-refractivity contribution in [1.82, 2.24) is 0 Å². The molecule has 0 aromatic rings. The highest BCUT2D eigenvalue weighted by molar-refractivity contribution is 7.45. The topological polar surface area (TPSA) is 111 Å². The lowest BCUT2D eigenvalue weighted by Crippen LogP contribution is -2.37. The van der Waals surface area contributed by atoms with E-state index in [0.29, 0.717) is 23.9 Å². The van der Waals surface area contributed by atoms with E-state index in [4.69, 9.17) is 18.5 Å². The Morgan fingerprint density at radius 2 is 0.952 bits per heavy atom. The Morgan fingerprint density at radius 1 is 0.516 bits per heavy atom. The van der Waals surface area contributed by atoms with Crippen molar-refractivity contribution in [3.63, 3.8) is 0 Å². The second-order valence-electron chi connectivity index (χ2n) is 17.9. The molecule has 1 unspecified atom stereocenters. The van der Waals surface area contributed by atoms with E-state index in [9.17, 15) is 19.0 Å². The molecule has 0 saturated heterocycles. The Labute approximate surface area is 381 Å². The number of likely N-dealkylation sites (N-methyl/N-ethyl adjacent to an activating group) is 1. The van der Waals surface area contributed by atoms with Crippen molar-refractivity contribution in [2.75, 3.05) is 47.5 Å². The van der Waals surface area contributed by atoms with Crippen LogP contribution < -0.4 is 4.89 Å². The zero-order chi connectivity index (χ0) is 45.7. The van der Waals surface area contributed by atoms with Gasteiger partial charge in [-0.3, -0.25) is 14.2 Å². The molecule has 9 nitrogen and oxygen atoms in total. The minimum Gasteiger partial charge on any atom is -0.756 e. The predicted octanol–water partition coefficient (Wildman–Crippen LogP) is 14.2. The van der Waals surface area contributed by atoms with Crippen molar-refractivity contribution in [1.29, 1.82) is 0 Å². The monoisotopic (exact) mass is 892 g/mol. The van der Waals surface area contributed by atoms with Crippen LogP contribution in [-0.2, 0) is 32.7 Å². The van der Waals surface area contributed by atoms with E-state index < -0.39 is 32.5 Å². The van der Waals surface area contributed by atoms with Crippen LogP contribution >= 0.6 is 7.82 Å². The highest BCUT2D eigenvalue weighted by atomic mass is 31.2. The summed E-state index contributed by atoms with van der Waals surface area (Å²) in [6, 6.07) is 0. The quantitative estimate of drug-likeness (QED) is 0.0148. The number of esters is 2. The van der Waals surface area contributed by atoms with Gasteiger partial charge in [-0.25, -0.2) is 0 Å². The molecule has 0 aromatic carbocycles. The minimum absolute atomic E-state index is 0.0418. The smallest absolute Gasteiger partial charge is 0.306 e. The highest BCUT2D eigenvalue weighted by Crippen LogP contribution is 2.38. The average Bonchev–Trinajstić information content (AvgIpc) is 3.23. The summed E-state index contributed by atoms with van der Waals surface area (Å²) < 4.78 is 33.9. The SMILES string of the molecule is CC/C=C/C=C/C=C/C=C/CCCCCCCC(=O)O[C@@H](COC(=O)CCC/C=C/CCCCCCCCCCCCCCCCCCCC)COP(=O)([O-])OCC[N+](C)(C)C. The van der Waals surface area contributed by atoms with Crippen molar-refractivity contribution < 1.29 is 42.1 Å². The van der Waals surface area contributed by atoms with E-state index in [2.05, 4.69) is 44.2 Å². The van der Waals surface area contributed by atoms with Crippen LogP contribution in [0.5, 0.6) is 0 Å². The summed E-state index contributed by atoms with van der Waals surface area (Å²) in [7, 11) is 1.13. The van der Waals surface area contributed by atoms with Crippen molar-refractivity contribution in [3.8, 4) is 0 Å². The van der Waals surface area contributed by atoms with Crippen molar-refractivity contribution in [2.45, 2.75) is 213 Å². The molecule has 0 aliphatic carbocycles. The lowest BCUT2D eigenvalue weighted by molar-refractivity contribution is -0.870. The van der Waals surface area contributed by atoms with Gasteiger partial charge in [-0.05, 0) is 51.4 Å². The number of carbonyl (C=O) groups excluding carboxylic acids is 2. The molecule has 0 heterocycles. The van der Waals surface area contributed by atoms with Gasteiger partial charge in [-0.15, -0.1) is 0 Å². The van der Waals surface area contributed by atoms with Crippen LogP contribution in [0.4, 0.5) is 0 Å². The van der Waals surface area contributed by atoms with Crippen molar-refractivity contribution >= 4 is 19.8 Å². The number of phosphoric acid groups is 1. The number of quaternary nitrogens is 1. The zero-order valence-corrected chi connectivity index (χ0v) is 41.4. The van der Waals surface area contributed by atoms with Crippen LogP contribution in [0.2, 0.25) is 0 Å². The standard InChI is InChI=1S/C52H94NO8P/c1-6-8-10-12-14-16-18-20-22-23-24-25-26-27-28-29-31-32-34-36-38-40-42-44-51(54)58-48-50(49-60-62(56,57)59-47-46-53(3,4)5)61-52(55)45-43-41-39-37-35-33-30-21-19-17-15-13-11-9-7-2/h9,11,13,15,17,19,21,30,36,38,50H,6-8,10,12,14,16,18,20,22-29,31-35,37,39-49H2,1-5H3/b11-9+,15-13+,19-17+,30-21+,38-36+/t50-/m0/s1. The van der Waals surface area contributed by atoms with E-state index in [-0.39, 0.29) is 26.1 Å². The largest absolute Gasteiger partial charge is 0.756 e. The van der Waals surface area contributed by atoms with E-state index in [0.717, 1.165) is 51.4 Å². The first-order valence-electron chi connectivity index (χ1n) is 25.0. The zero-order valence-electron chi connectivity index (χ0n) is 40.6. The van der Waals surface area contributed by atoms with E-state index in [1.165, 1.54) is 116 Å². The normalized spacial score (nSPS) is 14.0. The number of hydrogen-bond acceptors (Lipinski definition) is 8. The maximum atomic E-state index is 12.7. The van der Waals surface area contributed by atoms with Gasteiger partial charge in [0, 0.05) is 12.8 Å². The second kappa shape index (κ2) is 43.9. The fourth-order valence-electron chi connectivity index (χ4n) is 6.73. The van der Waals surface area contributed by atoms with E-state index in [1.807, 2.05) is 51.5 Å². The number of hydrogen-bond donors (Lipinski definition) is 0. The molecule has 2 atom stereocenters. The molecule has 0 aliphatic rings. The molecule has 62 heavy (non-hydrogen) atoms. The van der Waals surface area contributed by atoms with E-state index in [1.54, 1.807) is 0 Å². The van der Waals surface area contributed by atoms with Crippen molar-refractivity contribution in [3.05, 3.63) is 60.8 Å². The molecule has 0 aromatic heterocycles. The summed E-state index contributed by atoms with van der Waals surface area (Å²) >= 11 is 0. The number of rotatable bonds is 45. The Morgan fingerprint density at radius 3 is 1.47 bits per heavy atom. The number of phosphoric ester groups is 1. The Kier molecular flexibility index (Phi) is 42.3. The van der Waals surface area contributed by atoms with Crippen molar-refractivity contribution in [2.24, 2.45) is 0 Å². The number of ether oxygens (including phenoxy) is 2. The van der Waals surface area contributed by atoms with Gasteiger partial charge >= 0.3 is 11.9 Å². The van der Waals surface area contributed by atoms with Gasteiger partial charge in [0.15, 0.2) is 6.10 Å². The summed E-state index contributed by atoms with van der Waals surface area (Å²) in [6.07, 6.45) is 54.1. The van der Waals surface area contributed by atoms with Crippen LogP contribution in [0.1, 0.15) is 206 Å². The summed E-state index contributed by atoms with van der Waals surface area (Å²) in [6.45, 7) is 4.04. The van der Waals surface area contributed by atoms with Gasteiger partial charge < -0.3 is 27.9 Å². The molecular weight excluding hydrogens is 798 g/mol. The molecule has 0 amide bonds. The van der Waals surface area contributed by atoms with Crippen LogP contribution in [0, 0.1) is 0 Å².